The molecule has 184 valence electrons. The van der Waals surface area contributed by atoms with Gasteiger partial charge < -0.3 is 15.4 Å². The maximum atomic E-state index is 13.1. The van der Waals surface area contributed by atoms with Gasteiger partial charge in [-0.15, -0.1) is 0 Å². The predicted octanol–water partition coefficient (Wildman–Crippen LogP) is 4.46. The molecule has 0 amide bonds. The number of nitrogens with two attached hydrogens (primary N) is 1. The van der Waals surface area contributed by atoms with E-state index in [4.69, 9.17) is 10.7 Å². The number of nitrogen functional groups attached to an aromatic ring is 1. The van der Waals surface area contributed by atoms with Crippen molar-refractivity contribution < 1.29 is 13.5 Å². The Morgan fingerprint density at radius 3 is 2.54 bits per heavy atom. The molecular formula is C26H31N5O3S. The van der Waals surface area contributed by atoms with Crippen LogP contribution in [0.1, 0.15) is 45.6 Å². The van der Waals surface area contributed by atoms with Gasteiger partial charge in [0, 0.05) is 29.7 Å². The maximum absolute atomic E-state index is 13.1. The molecule has 2 aromatic heterocycles. The lowest BCUT2D eigenvalue weighted by Crippen LogP contribution is -2.26. The molecular weight excluding hydrogens is 462 g/mol. The van der Waals surface area contributed by atoms with Crippen LogP contribution in [0.3, 0.4) is 0 Å². The van der Waals surface area contributed by atoms with Crippen molar-refractivity contribution in [3.8, 4) is 22.5 Å². The molecule has 1 fully saturated rings. The molecule has 35 heavy (non-hydrogen) atoms. The lowest BCUT2D eigenvalue weighted by atomic mass is 9.84. The van der Waals surface area contributed by atoms with Crippen LogP contribution in [0.25, 0.3) is 33.5 Å². The number of aromatic nitrogens is 4. The highest BCUT2D eigenvalue weighted by atomic mass is 32.2. The van der Waals surface area contributed by atoms with Gasteiger partial charge in [-0.2, -0.15) is 0 Å². The average molecular weight is 494 g/mol. The van der Waals surface area contributed by atoms with Crippen LogP contribution in [0.4, 0.5) is 5.95 Å². The first-order chi connectivity index (χ1) is 16.8. The molecule has 1 aliphatic carbocycles. The maximum Gasteiger partial charge on any atom is 0.244 e. The minimum atomic E-state index is -3.71. The molecule has 3 N–H and O–H groups in total. The number of aliphatic hydroxyl groups is 1. The van der Waals surface area contributed by atoms with Crippen LogP contribution in [-0.4, -0.2) is 43.9 Å². The Kier molecular flexibility index (Phi) is 6.14. The number of anilines is 1. The van der Waals surface area contributed by atoms with Crippen LogP contribution in [0.5, 0.6) is 0 Å². The lowest BCUT2D eigenvalue weighted by molar-refractivity contribution is 0.139. The summed E-state index contributed by atoms with van der Waals surface area (Å²) in [6.45, 7) is 3.38. The molecule has 2 aromatic carbocycles. The van der Waals surface area contributed by atoms with E-state index in [9.17, 15) is 13.5 Å². The Balaban J connectivity index is 1.75. The third-order valence-electron chi connectivity index (χ3n) is 7.06. The smallest absolute Gasteiger partial charge is 0.244 e. The number of aliphatic hydroxyl groups excluding tert-OH is 1. The van der Waals surface area contributed by atoms with E-state index in [0.717, 1.165) is 52.2 Å². The van der Waals surface area contributed by atoms with Gasteiger partial charge in [0.05, 0.1) is 34.0 Å². The summed E-state index contributed by atoms with van der Waals surface area (Å²) in [6.07, 6.45) is 5.98. The quantitative estimate of drug-likeness (QED) is 0.410. The monoisotopic (exact) mass is 493 g/mol. The fourth-order valence-corrected chi connectivity index (χ4v) is 6.31. The summed E-state index contributed by atoms with van der Waals surface area (Å²) >= 11 is 0. The Morgan fingerprint density at radius 1 is 1.09 bits per heavy atom. The second-order valence-corrected chi connectivity index (χ2v) is 11.9. The highest BCUT2D eigenvalue weighted by Gasteiger charge is 2.30. The van der Waals surface area contributed by atoms with Gasteiger partial charge in [0.15, 0.2) is 0 Å². The van der Waals surface area contributed by atoms with Crippen molar-refractivity contribution in [2.24, 2.45) is 5.92 Å². The first-order valence-electron chi connectivity index (χ1n) is 12.1. The molecule has 9 heteroatoms. The van der Waals surface area contributed by atoms with E-state index in [1.165, 1.54) is 0 Å². The zero-order valence-corrected chi connectivity index (χ0v) is 20.8. The van der Waals surface area contributed by atoms with E-state index in [1.54, 1.807) is 13.8 Å². The molecule has 2 heterocycles. The number of hydrogen-bond acceptors (Lipinski definition) is 6. The van der Waals surface area contributed by atoms with Gasteiger partial charge in [-0.3, -0.25) is 0 Å². The fourth-order valence-electron chi connectivity index (χ4n) is 5.17. The SMILES string of the molecule is CC(C)S(=O)(=O)n1c(N)nc2ccc(-c3c(-c4ccccc4)ncn3[C@H]3CCCC[C@@H]3CO)cc21. The molecule has 1 aliphatic rings. The van der Waals surface area contributed by atoms with Crippen LogP contribution >= 0.6 is 0 Å². The second kappa shape index (κ2) is 9.13. The molecule has 4 aromatic rings. The zero-order chi connectivity index (χ0) is 24.7. The number of hydrogen-bond donors (Lipinski definition) is 2. The van der Waals surface area contributed by atoms with Gasteiger partial charge in [-0.25, -0.2) is 22.4 Å². The molecule has 0 spiro atoms. The summed E-state index contributed by atoms with van der Waals surface area (Å²) in [6, 6.07) is 15.7. The van der Waals surface area contributed by atoms with Crippen molar-refractivity contribution >= 4 is 27.0 Å². The van der Waals surface area contributed by atoms with Crippen molar-refractivity contribution in [2.75, 3.05) is 12.3 Å². The van der Waals surface area contributed by atoms with Crippen LogP contribution in [0.15, 0.2) is 54.9 Å². The molecule has 5 rings (SSSR count). The summed E-state index contributed by atoms with van der Waals surface area (Å²) in [7, 11) is -3.71. The molecule has 0 radical (unpaired) electrons. The van der Waals surface area contributed by atoms with Gasteiger partial charge >= 0.3 is 0 Å². The Hall–Kier alpha value is -3.17. The van der Waals surface area contributed by atoms with Crippen molar-refractivity contribution in [1.82, 2.24) is 18.5 Å². The Bertz CT molecular complexity index is 1460. The zero-order valence-electron chi connectivity index (χ0n) is 20.0. The molecule has 0 saturated heterocycles. The average Bonchev–Trinajstić information content (AvgIpc) is 3.44. The van der Waals surface area contributed by atoms with E-state index in [-0.39, 0.29) is 24.5 Å². The van der Waals surface area contributed by atoms with Gasteiger partial charge in [-0.05, 0) is 38.8 Å². The minimum Gasteiger partial charge on any atom is -0.396 e. The summed E-state index contributed by atoms with van der Waals surface area (Å²) in [4.78, 5) is 9.12. The van der Waals surface area contributed by atoms with E-state index >= 15 is 0 Å². The first-order valence-corrected chi connectivity index (χ1v) is 13.6. The minimum absolute atomic E-state index is 0.0461. The Labute approximate surface area is 205 Å². The summed E-state index contributed by atoms with van der Waals surface area (Å²) in [5.41, 5.74) is 10.6. The van der Waals surface area contributed by atoms with Crippen LogP contribution in [0.2, 0.25) is 0 Å². The molecule has 2 atom stereocenters. The van der Waals surface area contributed by atoms with E-state index < -0.39 is 15.3 Å². The van der Waals surface area contributed by atoms with Gasteiger partial charge in [0.25, 0.3) is 0 Å². The topological polar surface area (TPSA) is 116 Å². The van der Waals surface area contributed by atoms with E-state index in [0.29, 0.717) is 11.0 Å². The summed E-state index contributed by atoms with van der Waals surface area (Å²) < 4.78 is 29.5. The van der Waals surface area contributed by atoms with Crippen molar-refractivity contribution in [3.05, 3.63) is 54.9 Å². The second-order valence-electron chi connectivity index (χ2n) is 9.54. The summed E-state index contributed by atoms with van der Waals surface area (Å²) in [5, 5.41) is 9.45. The molecule has 8 nitrogen and oxygen atoms in total. The normalized spacial score (nSPS) is 19.0. The van der Waals surface area contributed by atoms with Gasteiger partial charge in [0.1, 0.15) is 0 Å². The fraction of sp³-hybridized carbons (Fsp3) is 0.385. The van der Waals surface area contributed by atoms with E-state index in [2.05, 4.69) is 9.55 Å². The number of imidazole rings is 2. The third-order valence-corrected chi connectivity index (χ3v) is 9.15. The van der Waals surface area contributed by atoms with Crippen molar-refractivity contribution in [2.45, 2.75) is 50.8 Å². The lowest BCUT2D eigenvalue weighted by Gasteiger charge is -2.32. The predicted molar refractivity (Wildman–Crippen MR) is 138 cm³/mol. The number of rotatable bonds is 6. The molecule has 1 saturated carbocycles. The van der Waals surface area contributed by atoms with Gasteiger partial charge in [-0.1, -0.05) is 49.2 Å². The van der Waals surface area contributed by atoms with Crippen LogP contribution in [0, 0.1) is 5.92 Å². The highest BCUT2D eigenvalue weighted by Crippen LogP contribution is 2.41. The number of nitrogens with zero attached hydrogens (tertiary/aromatic N) is 4. The standard InChI is InChI=1S/C26H31N5O3S/c1-17(2)35(33,34)31-23-14-19(12-13-21(23)29-26(31)27)25-24(18-8-4-3-5-9-18)28-16-30(25)22-11-7-6-10-20(22)15-32/h3-5,8-9,12-14,16-17,20,22,32H,6-7,10-11,15H2,1-2H3,(H2,27,29)/t20-,22+/m1/s1. The van der Waals surface area contributed by atoms with Crippen LogP contribution < -0.4 is 5.73 Å². The first kappa shape index (κ1) is 23.6. The van der Waals surface area contributed by atoms with Gasteiger partial charge in [0.2, 0.25) is 16.0 Å². The summed E-state index contributed by atoms with van der Waals surface area (Å²) in [5.74, 6) is 0.0989. The largest absolute Gasteiger partial charge is 0.396 e. The number of fused-ring (bicyclic) bond motifs is 1. The molecule has 0 unspecified atom stereocenters. The third kappa shape index (κ3) is 4.02. The molecule has 0 aliphatic heterocycles. The van der Waals surface area contributed by atoms with Crippen molar-refractivity contribution in [1.29, 1.82) is 0 Å². The number of benzene rings is 2. The van der Waals surface area contributed by atoms with E-state index in [1.807, 2.05) is 54.9 Å². The van der Waals surface area contributed by atoms with Crippen LogP contribution in [-0.2, 0) is 10.0 Å². The van der Waals surface area contributed by atoms with Crippen molar-refractivity contribution in [3.63, 3.8) is 0 Å². The highest BCUT2D eigenvalue weighted by molar-refractivity contribution is 7.90. The Morgan fingerprint density at radius 2 is 1.83 bits per heavy atom. The molecule has 0 bridgehead atoms.